The van der Waals surface area contributed by atoms with E-state index in [0.717, 1.165) is 5.56 Å². The summed E-state index contributed by atoms with van der Waals surface area (Å²) in [5.41, 5.74) is 1.05. The molecule has 1 saturated heterocycles. The van der Waals surface area contributed by atoms with Crippen molar-refractivity contribution >= 4 is 0 Å². The molecule has 1 heterocycles. The number of benzene rings is 1. The summed E-state index contributed by atoms with van der Waals surface area (Å²) in [4.78, 5) is 0. The van der Waals surface area contributed by atoms with Gasteiger partial charge in [-0.15, -0.1) is 0 Å². The molecule has 0 aromatic heterocycles. The van der Waals surface area contributed by atoms with E-state index in [1.807, 2.05) is 13.0 Å². The molecular formula is C10H12O3. The Morgan fingerprint density at radius 1 is 1.54 bits per heavy atom. The molecule has 2 N–H and O–H groups in total. The summed E-state index contributed by atoms with van der Waals surface area (Å²) in [5, 5.41) is 18.7. The average Bonchev–Trinajstić information content (AvgIpc) is 2.85. The van der Waals surface area contributed by atoms with Gasteiger partial charge in [0.15, 0.2) is 0 Å². The van der Waals surface area contributed by atoms with Crippen LogP contribution in [-0.2, 0) is 10.3 Å². The molecule has 0 bridgehead atoms. The summed E-state index contributed by atoms with van der Waals surface area (Å²) in [6.45, 7) is 2.31. The van der Waals surface area contributed by atoms with Gasteiger partial charge in [-0.25, -0.2) is 0 Å². The van der Waals surface area contributed by atoms with Gasteiger partial charge in [0.25, 0.3) is 0 Å². The molecule has 0 saturated carbocycles. The van der Waals surface area contributed by atoms with Crippen LogP contribution >= 0.6 is 0 Å². The van der Waals surface area contributed by atoms with Gasteiger partial charge in [-0.1, -0.05) is 12.1 Å². The first-order valence-electron chi connectivity index (χ1n) is 4.23. The molecule has 13 heavy (non-hydrogen) atoms. The Balaban J connectivity index is 2.41. The van der Waals surface area contributed by atoms with E-state index in [1.165, 1.54) is 0 Å². The van der Waals surface area contributed by atoms with E-state index in [1.54, 1.807) is 12.1 Å². The Morgan fingerprint density at radius 3 is 2.69 bits per heavy atom. The standard InChI is InChI=1S/C10H12O3/c1-7-2-3-8(9(12)4-7)10(5-11)6-13-10/h2-4,11-12H,5-6H2,1H3. The number of hydrogen-bond acceptors (Lipinski definition) is 3. The van der Waals surface area contributed by atoms with Crippen LogP contribution < -0.4 is 0 Å². The lowest BCUT2D eigenvalue weighted by Gasteiger charge is -2.10. The third-order valence-electron chi connectivity index (χ3n) is 2.39. The fourth-order valence-electron chi connectivity index (χ4n) is 1.45. The molecule has 1 unspecified atom stereocenters. The molecule has 0 spiro atoms. The van der Waals surface area contributed by atoms with Gasteiger partial charge in [0.1, 0.15) is 11.4 Å². The highest BCUT2D eigenvalue weighted by Gasteiger charge is 2.47. The Bertz CT molecular complexity index is 329. The van der Waals surface area contributed by atoms with Gasteiger partial charge in [0.2, 0.25) is 0 Å². The van der Waals surface area contributed by atoms with Crippen LogP contribution in [0.5, 0.6) is 5.75 Å². The van der Waals surface area contributed by atoms with Crippen LogP contribution in [0.2, 0.25) is 0 Å². The number of aromatic hydroxyl groups is 1. The molecule has 0 amide bonds. The highest BCUT2D eigenvalue weighted by atomic mass is 16.6. The summed E-state index contributed by atoms with van der Waals surface area (Å²) in [6.07, 6.45) is 0. The van der Waals surface area contributed by atoms with E-state index in [9.17, 15) is 5.11 Å². The maximum Gasteiger partial charge on any atom is 0.143 e. The Hall–Kier alpha value is -1.06. The lowest BCUT2D eigenvalue weighted by atomic mass is 9.98. The molecule has 0 radical (unpaired) electrons. The minimum Gasteiger partial charge on any atom is -0.508 e. The predicted octanol–water partition coefficient (Wildman–Crippen LogP) is 0.918. The number of aryl methyl sites for hydroxylation is 1. The number of hydrogen-bond donors (Lipinski definition) is 2. The van der Waals surface area contributed by atoms with E-state index < -0.39 is 5.60 Å². The SMILES string of the molecule is Cc1ccc(C2(CO)CO2)c(O)c1. The summed E-state index contributed by atoms with van der Waals surface area (Å²) >= 11 is 0. The molecular weight excluding hydrogens is 168 g/mol. The van der Waals surface area contributed by atoms with Crippen molar-refractivity contribution in [3.8, 4) is 5.75 Å². The zero-order valence-electron chi connectivity index (χ0n) is 7.45. The number of aliphatic hydroxyl groups excluding tert-OH is 1. The van der Waals surface area contributed by atoms with E-state index in [2.05, 4.69) is 0 Å². The second-order valence-corrected chi connectivity index (χ2v) is 3.46. The Kier molecular flexibility index (Phi) is 1.78. The minimum absolute atomic E-state index is 0.0797. The van der Waals surface area contributed by atoms with Gasteiger partial charge in [-0.3, -0.25) is 0 Å². The van der Waals surface area contributed by atoms with Gasteiger partial charge >= 0.3 is 0 Å². The highest BCUT2D eigenvalue weighted by Crippen LogP contribution is 2.42. The maximum atomic E-state index is 9.61. The van der Waals surface area contributed by atoms with Crippen molar-refractivity contribution in [1.82, 2.24) is 0 Å². The second kappa shape index (κ2) is 2.72. The number of phenols is 1. The lowest BCUT2D eigenvalue weighted by molar-refractivity contribution is 0.170. The Morgan fingerprint density at radius 2 is 2.23 bits per heavy atom. The molecule has 1 aromatic rings. The predicted molar refractivity (Wildman–Crippen MR) is 47.6 cm³/mol. The van der Waals surface area contributed by atoms with Crippen LogP contribution in [0.3, 0.4) is 0 Å². The second-order valence-electron chi connectivity index (χ2n) is 3.46. The number of epoxide rings is 1. The van der Waals surface area contributed by atoms with Gasteiger partial charge in [-0.05, 0) is 18.6 Å². The smallest absolute Gasteiger partial charge is 0.143 e. The first kappa shape index (κ1) is 8.53. The molecule has 2 rings (SSSR count). The van der Waals surface area contributed by atoms with Crippen LogP contribution in [0.25, 0.3) is 0 Å². The van der Waals surface area contributed by atoms with Crippen LogP contribution in [0, 0.1) is 6.92 Å². The van der Waals surface area contributed by atoms with Crippen LogP contribution in [0.4, 0.5) is 0 Å². The number of aliphatic hydroxyl groups is 1. The quantitative estimate of drug-likeness (QED) is 0.665. The van der Waals surface area contributed by atoms with Gasteiger partial charge < -0.3 is 14.9 Å². The molecule has 1 atom stereocenters. The zero-order valence-corrected chi connectivity index (χ0v) is 7.45. The average molecular weight is 180 g/mol. The third-order valence-corrected chi connectivity index (χ3v) is 2.39. The molecule has 1 aliphatic heterocycles. The molecule has 0 aliphatic carbocycles. The molecule has 1 aliphatic rings. The van der Waals surface area contributed by atoms with Crippen molar-refractivity contribution < 1.29 is 14.9 Å². The summed E-state index contributed by atoms with van der Waals surface area (Å²) in [6, 6.07) is 5.37. The molecule has 1 aromatic carbocycles. The minimum atomic E-state index is -0.627. The van der Waals surface area contributed by atoms with Crippen LogP contribution in [0.15, 0.2) is 18.2 Å². The number of ether oxygens (including phenoxy) is 1. The van der Waals surface area contributed by atoms with Crippen molar-refractivity contribution in [2.24, 2.45) is 0 Å². The third kappa shape index (κ3) is 1.30. The number of rotatable bonds is 2. The van der Waals surface area contributed by atoms with E-state index >= 15 is 0 Å². The highest BCUT2D eigenvalue weighted by molar-refractivity contribution is 5.42. The Labute approximate surface area is 76.6 Å². The van der Waals surface area contributed by atoms with Crippen LogP contribution in [-0.4, -0.2) is 23.4 Å². The van der Waals surface area contributed by atoms with Crippen molar-refractivity contribution in [1.29, 1.82) is 0 Å². The zero-order chi connectivity index (χ0) is 9.47. The summed E-state index contributed by atoms with van der Waals surface area (Å²) < 4.78 is 5.14. The van der Waals surface area contributed by atoms with E-state index in [-0.39, 0.29) is 12.4 Å². The maximum absolute atomic E-state index is 9.61. The molecule has 3 heteroatoms. The first-order chi connectivity index (χ1) is 6.18. The summed E-state index contributed by atoms with van der Waals surface area (Å²) in [5.74, 6) is 0.201. The monoisotopic (exact) mass is 180 g/mol. The van der Waals surface area contributed by atoms with Crippen molar-refractivity contribution in [3.05, 3.63) is 29.3 Å². The molecule has 70 valence electrons. The van der Waals surface area contributed by atoms with Gasteiger partial charge in [0.05, 0.1) is 13.2 Å². The van der Waals surface area contributed by atoms with E-state index in [4.69, 9.17) is 9.84 Å². The topological polar surface area (TPSA) is 53.0 Å². The van der Waals surface area contributed by atoms with Gasteiger partial charge in [-0.2, -0.15) is 0 Å². The fraction of sp³-hybridized carbons (Fsp3) is 0.400. The lowest BCUT2D eigenvalue weighted by Crippen LogP contribution is -2.14. The van der Waals surface area contributed by atoms with E-state index in [0.29, 0.717) is 12.2 Å². The molecule has 1 fully saturated rings. The largest absolute Gasteiger partial charge is 0.508 e. The van der Waals surface area contributed by atoms with Crippen molar-refractivity contribution in [2.75, 3.05) is 13.2 Å². The summed E-state index contributed by atoms with van der Waals surface area (Å²) in [7, 11) is 0. The van der Waals surface area contributed by atoms with Crippen LogP contribution in [0.1, 0.15) is 11.1 Å². The van der Waals surface area contributed by atoms with Gasteiger partial charge in [0, 0.05) is 5.56 Å². The van der Waals surface area contributed by atoms with Crippen molar-refractivity contribution in [2.45, 2.75) is 12.5 Å². The van der Waals surface area contributed by atoms with Crippen molar-refractivity contribution in [3.63, 3.8) is 0 Å². The fourth-order valence-corrected chi connectivity index (χ4v) is 1.45. The number of phenolic OH excluding ortho intramolecular Hbond substituents is 1. The first-order valence-corrected chi connectivity index (χ1v) is 4.23. The molecule has 3 nitrogen and oxygen atoms in total. The normalized spacial score (nSPS) is 26.0.